The molecule has 0 spiro atoms. The Balaban J connectivity index is 1.58. The predicted octanol–water partition coefficient (Wildman–Crippen LogP) is 4.16. The fraction of sp³-hybridized carbons (Fsp3) is 0.273. The van der Waals surface area contributed by atoms with Crippen molar-refractivity contribution >= 4 is 28.6 Å². The van der Waals surface area contributed by atoms with Gasteiger partial charge in [-0.2, -0.15) is 0 Å². The second-order valence-corrected chi connectivity index (χ2v) is 7.23. The monoisotopic (exact) mass is 377 g/mol. The van der Waals surface area contributed by atoms with Crippen LogP contribution in [0.25, 0.3) is 10.9 Å². The van der Waals surface area contributed by atoms with Gasteiger partial charge >= 0.3 is 12.0 Å². The molecule has 28 heavy (non-hydrogen) atoms. The summed E-state index contributed by atoms with van der Waals surface area (Å²) in [6.45, 7) is 5.21. The van der Waals surface area contributed by atoms with Crippen LogP contribution in [0.1, 0.15) is 32.7 Å². The summed E-state index contributed by atoms with van der Waals surface area (Å²) >= 11 is 0. The molecule has 1 aliphatic heterocycles. The van der Waals surface area contributed by atoms with Gasteiger partial charge in [-0.3, -0.25) is 0 Å². The van der Waals surface area contributed by atoms with Crippen molar-refractivity contribution in [2.75, 3.05) is 19.0 Å². The highest BCUT2D eigenvalue weighted by atomic mass is 16.5. The van der Waals surface area contributed by atoms with Crippen molar-refractivity contribution < 1.29 is 14.3 Å². The number of esters is 1. The molecule has 0 bridgehead atoms. The van der Waals surface area contributed by atoms with Crippen molar-refractivity contribution in [1.29, 1.82) is 0 Å². The molecular weight excluding hydrogens is 354 g/mol. The summed E-state index contributed by atoms with van der Waals surface area (Å²) < 4.78 is 4.83. The third-order valence-electron chi connectivity index (χ3n) is 5.44. The highest BCUT2D eigenvalue weighted by molar-refractivity contribution is 5.96. The summed E-state index contributed by atoms with van der Waals surface area (Å²) in [6, 6.07) is 11.3. The average Bonchev–Trinajstić information content (AvgIpc) is 3.07. The Labute approximate surface area is 163 Å². The molecule has 0 aliphatic carbocycles. The molecule has 2 aromatic carbocycles. The Bertz CT molecular complexity index is 1080. The van der Waals surface area contributed by atoms with Gasteiger partial charge in [0.15, 0.2) is 0 Å². The van der Waals surface area contributed by atoms with E-state index in [-0.39, 0.29) is 12.0 Å². The van der Waals surface area contributed by atoms with E-state index in [9.17, 15) is 9.59 Å². The zero-order valence-electron chi connectivity index (χ0n) is 16.3. The molecule has 1 aromatic heterocycles. The van der Waals surface area contributed by atoms with Gasteiger partial charge in [-0.15, -0.1) is 0 Å². The van der Waals surface area contributed by atoms with E-state index in [1.807, 2.05) is 44.2 Å². The summed E-state index contributed by atoms with van der Waals surface area (Å²) in [5.74, 6) is -0.364. The van der Waals surface area contributed by atoms with Gasteiger partial charge in [0.05, 0.1) is 12.7 Å². The fourth-order valence-corrected chi connectivity index (χ4v) is 3.65. The van der Waals surface area contributed by atoms with Crippen LogP contribution >= 0.6 is 0 Å². The maximum absolute atomic E-state index is 12.8. The number of urea groups is 1. The summed E-state index contributed by atoms with van der Waals surface area (Å²) in [4.78, 5) is 29.9. The van der Waals surface area contributed by atoms with Crippen LogP contribution in [0.15, 0.2) is 36.4 Å². The number of H-pyrrole nitrogens is 1. The number of ether oxygens (including phenoxy) is 1. The molecule has 3 aromatic rings. The molecule has 144 valence electrons. The van der Waals surface area contributed by atoms with Crippen molar-refractivity contribution in [3.05, 3.63) is 64.3 Å². The fourth-order valence-electron chi connectivity index (χ4n) is 3.65. The number of anilines is 1. The molecule has 0 atom stereocenters. The smallest absolute Gasteiger partial charge is 0.337 e. The maximum Gasteiger partial charge on any atom is 0.337 e. The molecule has 2 amide bonds. The number of amides is 2. The van der Waals surface area contributed by atoms with Crippen molar-refractivity contribution in [2.45, 2.75) is 26.8 Å². The molecule has 0 radical (unpaired) electrons. The van der Waals surface area contributed by atoms with Crippen molar-refractivity contribution in [2.24, 2.45) is 0 Å². The molecule has 0 saturated heterocycles. The largest absolute Gasteiger partial charge is 0.465 e. The number of nitrogens with one attached hydrogen (secondary N) is 2. The molecule has 0 fully saturated rings. The molecule has 6 heteroatoms. The number of carbonyl (C=O) groups is 2. The second kappa shape index (κ2) is 7.03. The van der Waals surface area contributed by atoms with Crippen LogP contribution in [-0.2, 0) is 17.7 Å². The van der Waals surface area contributed by atoms with Gasteiger partial charge in [0.1, 0.15) is 0 Å². The number of hydrogen-bond donors (Lipinski definition) is 2. The third-order valence-corrected chi connectivity index (χ3v) is 5.44. The van der Waals surface area contributed by atoms with E-state index in [1.165, 1.54) is 12.7 Å². The van der Waals surface area contributed by atoms with Crippen molar-refractivity contribution in [3.8, 4) is 0 Å². The molecule has 2 N–H and O–H groups in total. The maximum atomic E-state index is 12.8. The van der Waals surface area contributed by atoms with Gasteiger partial charge in [-0.05, 0) is 55.3 Å². The number of hydrogen-bond acceptors (Lipinski definition) is 3. The van der Waals surface area contributed by atoms with Crippen LogP contribution < -0.4 is 5.32 Å². The molecule has 0 unspecified atom stereocenters. The molecule has 2 heterocycles. The van der Waals surface area contributed by atoms with Crippen LogP contribution in [0.4, 0.5) is 10.5 Å². The summed E-state index contributed by atoms with van der Waals surface area (Å²) in [5.41, 5.74) is 6.79. The summed E-state index contributed by atoms with van der Waals surface area (Å²) in [5, 5.41) is 3.95. The Morgan fingerprint density at radius 1 is 1.11 bits per heavy atom. The van der Waals surface area contributed by atoms with Gasteiger partial charge < -0.3 is 19.9 Å². The quantitative estimate of drug-likeness (QED) is 0.659. The first-order chi connectivity index (χ1) is 13.5. The highest BCUT2D eigenvalue weighted by Gasteiger charge is 2.24. The van der Waals surface area contributed by atoms with Crippen LogP contribution in [0, 0.1) is 13.8 Å². The first-order valence-electron chi connectivity index (χ1n) is 9.31. The van der Waals surface area contributed by atoms with E-state index in [4.69, 9.17) is 4.74 Å². The zero-order valence-corrected chi connectivity index (χ0v) is 16.3. The topological polar surface area (TPSA) is 74.4 Å². The number of aromatic amines is 1. The Morgan fingerprint density at radius 2 is 1.93 bits per heavy atom. The van der Waals surface area contributed by atoms with Gasteiger partial charge in [0, 0.05) is 47.4 Å². The lowest BCUT2D eigenvalue weighted by molar-refractivity contribution is 0.0601. The number of nitrogens with zero attached hydrogens (tertiary/aromatic N) is 1. The van der Waals surface area contributed by atoms with Gasteiger partial charge in [0.2, 0.25) is 0 Å². The zero-order chi connectivity index (χ0) is 19.8. The lowest BCUT2D eigenvalue weighted by Crippen LogP contribution is -2.38. The molecule has 6 nitrogen and oxygen atoms in total. The minimum Gasteiger partial charge on any atom is -0.465 e. The van der Waals surface area contributed by atoms with E-state index in [0.29, 0.717) is 18.7 Å². The Kier molecular flexibility index (Phi) is 4.55. The molecule has 4 rings (SSSR count). The third kappa shape index (κ3) is 3.22. The number of methoxy groups -OCH3 is 1. The summed E-state index contributed by atoms with van der Waals surface area (Å²) in [7, 11) is 1.37. The van der Waals surface area contributed by atoms with E-state index >= 15 is 0 Å². The van der Waals surface area contributed by atoms with Gasteiger partial charge in [-0.25, -0.2) is 9.59 Å². The lowest BCUT2D eigenvalue weighted by atomic mass is 10.0. The standard InChI is InChI=1S/C22H23N3O3/c1-13-4-6-16(10-14(13)2)23-22(27)25-9-8-20-18(12-25)17-11-15(21(26)28-3)5-7-19(17)24-20/h4-7,10-11,24H,8-9,12H2,1-3H3,(H,23,27). The predicted molar refractivity (Wildman–Crippen MR) is 109 cm³/mol. The van der Waals surface area contributed by atoms with Crippen LogP contribution in [0.2, 0.25) is 0 Å². The first kappa shape index (κ1) is 18.1. The number of aromatic nitrogens is 1. The van der Waals surface area contributed by atoms with Crippen molar-refractivity contribution in [1.82, 2.24) is 9.88 Å². The minimum atomic E-state index is -0.364. The van der Waals surface area contributed by atoms with Gasteiger partial charge in [0.25, 0.3) is 0 Å². The van der Waals surface area contributed by atoms with E-state index in [2.05, 4.69) is 10.3 Å². The van der Waals surface area contributed by atoms with E-state index in [1.54, 1.807) is 11.0 Å². The van der Waals surface area contributed by atoms with E-state index in [0.717, 1.165) is 39.8 Å². The van der Waals surface area contributed by atoms with Crippen LogP contribution in [0.5, 0.6) is 0 Å². The number of aryl methyl sites for hydroxylation is 2. The average molecular weight is 377 g/mol. The molecule has 1 aliphatic rings. The normalized spacial score (nSPS) is 13.3. The number of fused-ring (bicyclic) bond motifs is 3. The van der Waals surface area contributed by atoms with Crippen molar-refractivity contribution in [3.63, 3.8) is 0 Å². The van der Waals surface area contributed by atoms with E-state index < -0.39 is 0 Å². The number of rotatable bonds is 2. The Morgan fingerprint density at radius 3 is 2.68 bits per heavy atom. The summed E-state index contributed by atoms with van der Waals surface area (Å²) in [6.07, 6.45) is 0.748. The van der Waals surface area contributed by atoms with Crippen LogP contribution in [0.3, 0.4) is 0 Å². The second-order valence-electron chi connectivity index (χ2n) is 7.23. The SMILES string of the molecule is COC(=O)c1ccc2[nH]c3c(c2c1)CN(C(=O)Nc1ccc(C)c(C)c1)CC3. The number of carbonyl (C=O) groups excluding carboxylic acids is 2. The Hall–Kier alpha value is -3.28. The first-order valence-corrected chi connectivity index (χ1v) is 9.31. The van der Waals surface area contributed by atoms with Gasteiger partial charge in [-0.1, -0.05) is 6.07 Å². The molecular formula is C22H23N3O3. The number of benzene rings is 2. The molecule has 0 saturated carbocycles. The minimum absolute atomic E-state index is 0.118. The highest BCUT2D eigenvalue weighted by Crippen LogP contribution is 2.29. The van der Waals surface area contributed by atoms with Crippen LogP contribution in [-0.4, -0.2) is 35.5 Å². The lowest BCUT2D eigenvalue weighted by Gasteiger charge is -2.27.